The molecule has 0 aliphatic rings. The van der Waals surface area contributed by atoms with E-state index in [-0.39, 0.29) is 23.2 Å². The van der Waals surface area contributed by atoms with E-state index in [0.29, 0.717) is 11.6 Å². The molecule has 0 fully saturated rings. The number of thiazole rings is 1. The maximum Gasteiger partial charge on any atom is 0.407 e. The Kier molecular flexibility index (Phi) is 10.4. The predicted octanol–water partition coefficient (Wildman–Crippen LogP) is 6.92. The second kappa shape index (κ2) is 14.2. The second-order valence-electron chi connectivity index (χ2n) is 10.5. The summed E-state index contributed by atoms with van der Waals surface area (Å²) in [6.45, 7) is 5.63. The molecular formula is C32H33ClN4O5S. The molecule has 0 saturated carbocycles. The van der Waals surface area contributed by atoms with Crippen LogP contribution in [0.25, 0.3) is 0 Å². The molecule has 0 aliphatic carbocycles. The first-order chi connectivity index (χ1) is 20.6. The Balaban J connectivity index is 1.60. The van der Waals surface area contributed by atoms with E-state index in [4.69, 9.17) is 21.2 Å². The van der Waals surface area contributed by atoms with Crippen molar-refractivity contribution in [1.29, 1.82) is 0 Å². The van der Waals surface area contributed by atoms with Gasteiger partial charge in [0, 0.05) is 13.0 Å². The Morgan fingerprint density at radius 1 is 0.907 bits per heavy atom. The lowest BCUT2D eigenvalue weighted by Crippen LogP contribution is -2.38. The number of anilines is 1. The molecule has 3 aromatic carbocycles. The van der Waals surface area contributed by atoms with Gasteiger partial charge in [-0.25, -0.2) is 14.6 Å². The maximum absolute atomic E-state index is 12.2. The van der Waals surface area contributed by atoms with Gasteiger partial charge >= 0.3 is 12.1 Å². The van der Waals surface area contributed by atoms with Gasteiger partial charge in [-0.3, -0.25) is 0 Å². The lowest BCUT2D eigenvalue weighted by molar-refractivity contribution is -0.129. The number of hydrogen-bond acceptors (Lipinski definition) is 8. The van der Waals surface area contributed by atoms with Gasteiger partial charge in [0.15, 0.2) is 5.13 Å². The highest BCUT2D eigenvalue weighted by Gasteiger charge is 2.37. The number of ether oxygens (including phenoxy) is 1. The molecule has 43 heavy (non-hydrogen) atoms. The number of oxime groups is 1. The molecule has 1 amide bonds. The van der Waals surface area contributed by atoms with Crippen molar-refractivity contribution in [2.45, 2.75) is 38.3 Å². The summed E-state index contributed by atoms with van der Waals surface area (Å²) in [5.74, 6) is -1.34. The summed E-state index contributed by atoms with van der Waals surface area (Å²) in [5.41, 5.74) is 0.934. The highest BCUT2D eigenvalue weighted by atomic mass is 35.5. The van der Waals surface area contributed by atoms with Gasteiger partial charge in [0.1, 0.15) is 27.8 Å². The molecule has 0 aliphatic heterocycles. The van der Waals surface area contributed by atoms with Crippen LogP contribution in [0.5, 0.6) is 0 Å². The fourth-order valence-electron chi connectivity index (χ4n) is 4.38. The number of amides is 1. The van der Waals surface area contributed by atoms with Crippen LogP contribution in [-0.4, -0.2) is 46.6 Å². The number of carboxylic acid groups (broad SMARTS) is 1. The van der Waals surface area contributed by atoms with Gasteiger partial charge in [0.05, 0.1) is 0 Å². The second-order valence-corrected chi connectivity index (χ2v) is 12.1. The zero-order valence-corrected chi connectivity index (χ0v) is 25.6. The van der Waals surface area contributed by atoms with Crippen LogP contribution in [0.4, 0.5) is 9.93 Å². The van der Waals surface area contributed by atoms with E-state index < -0.39 is 28.9 Å². The average molecular weight is 621 g/mol. The highest BCUT2D eigenvalue weighted by molar-refractivity contribution is 7.20. The minimum absolute atomic E-state index is 0.0170. The van der Waals surface area contributed by atoms with Crippen LogP contribution in [0.3, 0.4) is 0 Å². The van der Waals surface area contributed by atoms with E-state index in [1.165, 1.54) is 0 Å². The van der Waals surface area contributed by atoms with Crippen molar-refractivity contribution in [2.24, 2.45) is 5.16 Å². The standard InChI is InChI=1S/C32H33ClN4O5S/c1-31(2,3)42-30(40)34-20-13-21-41-37-26(28(38)39)25-27(33)43-29(35-25)36-32(22-14-7-4-8-15-22,23-16-9-5-10-17-23)24-18-11-6-12-19-24/h4-12,14-19H,13,20-21H2,1-3H3,(H,34,40)(H,35,36)(H,38,39)/b37-26+. The van der Waals surface area contributed by atoms with Crippen molar-refractivity contribution in [1.82, 2.24) is 10.3 Å². The van der Waals surface area contributed by atoms with Gasteiger partial charge in [0.2, 0.25) is 5.71 Å². The molecule has 4 rings (SSSR count). The SMILES string of the molecule is CC(C)(C)OC(=O)NCCCO/N=C(/C(=O)O)c1nc(NC(c2ccccc2)(c2ccccc2)c2ccccc2)sc1Cl. The zero-order chi connectivity index (χ0) is 30.9. The molecule has 9 nitrogen and oxygen atoms in total. The van der Waals surface area contributed by atoms with Crippen LogP contribution in [0, 0.1) is 0 Å². The van der Waals surface area contributed by atoms with Crippen molar-refractivity contribution in [3.05, 3.63) is 118 Å². The number of carboxylic acids is 1. The minimum Gasteiger partial charge on any atom is -0.476 e. The van der Waals surface area contributed by atoms with E-state index in [1.807, 2.05) is 91.0 Å². The third-order valence-electron chi connectivity index (χ3n) is 6.16. The van der Waals surface area contributed by atoms with E-state index in [0.717, 1.165) is 28.0 Å². The molecule has 1 aromatic heterocycles. The van der Waals surface area contributed by atoms with Gasteiger partial charge in [-0.15, -0.1) is 0 Å². The first-order valence-electron chi connectivity index (χ1n) is 13.6. The number of carbonyl (C=O) groups is 2. The Labute approximate surface area is 259 Å². The summed E-state index contributed by atoms with van der Waals surface area (Å²) in [5, 5.41) is 20.3. The number of aromatic nitrogens is 1. The fraction of sp³-hybridized carbons (Fsp3) is 0.250. The molecule has 224 valence electrons. The Bertz CT molecular complexity index is 1440. The summed E-state index contributed by atoms with van der Waals surface area (Å²) < 4.78 is 5.32. The number of nitrogens with one attached hydrogen (secondary N) is 2. The largest absolute Gasteiger partial charge is 0.476 e. The van der Waals surface area contributed by atoms with Crippen LogP contribution in [0.15, 0.2) is 96.2 Å². The number of halogens is 1. The van der Waals surface area contributed by atoms with Crippen molar-refractivity contribution in [3.63, 3.8) is 0 Å². The molecule has 0 saturated heterocycles. The van der Waals surface area contributed by atoms with Crippen molar-refractivity contribution in [2.75, 3.05) is 18.5 Å². The summed E-state index contributed by atoms with van der Waals surface area (Å²) in [6.07, 6.45) is -0.171. The minimum atomic E-state index is -1.34. The third-order valence-corrected chi connectivity index (χ3v) is 7.33. The van der Waals surface area contributed by atoms with Gasteiger partial charge < -0.3 is 25.3 Å². The van der Waals surface area contributed by atoms with Gasteiger partial charge in [0.25, 0.3) is 0 Å². The first-order valence-corrected chi connectivity index (χ1v) is 14.8. The van der Waals surface area contributed by atoms with Crippen LogP contribution in [-0.2, 0) is 19.9 Å². The van der Waals surface area contributed by atoms with Crippen molar-refractivity contribution in [3.8, 4) is 0 Å². The van der Waals surface area contributed by atoms with E-state index in [9.17, 15) is 14.7 Å². The lowest BCUT2D eigenvalue weighted by Gasteiger charge is -2.36. The normalized spacial score (nSPS) is 12.0. The van der Waals surface area contributed by atoms with E-state index >= 15 is 0 Å². The number of hydrogen-bond donors (Lipinski definition) is 3. The number of alkyl carbamates (subject to hydrolysis) is 1. The Morgan fingerprint density at radius 2 is 1.42 bits per heavy atom. The topological polar surface area (TPSA) is 122 Å². The molecule has 11 heteroatoms. The third kappa shape index (κ3) is 8.12. The zero-order valence-electron chi connectivity index (χ0n) is 24.0. The average Bonchev–Trinajstić information content (AvgIpc) is 3.34. The Hall–Kier alpha value is -4.41. The molecule has 0 spiro atoms. The molecule has 4 aromatic rings. The molecule has 0 atom stereocenters. The molecule has 0 bridgehead atoms. The summed E-state index contributed by atoms with van der Waals surface area (Å²) in [4.78, 5) is 33.8. The molecule has 3 N–H and O–H groups in total. The number of carbonyl (C=O) groups excluding carboxylic acids is 1. The van der Waals surface area contributed by atoms with Gasteiger partial charge in [-0.2, -0.15) is 0 Å². The van der Waals surface area contributed by atoms with Crippen molar-refractivity contribution < 1.29 is 24.3 Å². The predicted molar refractivity (Wildman–Crippen MR) is 169 cm³/mol. The Morgan fingerprint density at radius 3 is 1.88 bits per heavy atom. The summed E-state index contributed by atoms with van der Waals surface area (Å²) in [6, 6.07) is 29.8. The number of nitrogens with zero attached hydrogens (tertiary/aromatic N) is 2. The molecular weight excluding hydrogens is 588 g/mol. The summed E-state index contributed by atoms with van der Waals surface area (Å²) >= 11 is 7.66. The van der Waals surface area contributed by atoms with Crippen LogP contribution < -0.4 is 10.6 Å². The lowest BCUT2D eigenvalue weighted by atomic mass is 9.77. The van der Waals surface area contributed by atoms with E-state index in [2.05, 4.69) is 20.8 Å². The molecule has 0 unspecified atom stereocenters. The van der Waals surface area contributed by atoms with Gasteiger partial charge in [-0.05, 0) is 37.5 Å². The molecule has 1 heterocycles. The number of benzene rings is 3. The van der Waals surface area contributed by atoms with Gasteiger partial charge in [-0.1, -0.05) is 119 Å². The number of aliphatic carboxylic acids is 1. The number of rotatable bonds is 12. The first kappa shape index (κ1) is 31.5. The fourth-order valence-corrected chi connectivity index (χ4v) is 5.48. The van der Waals surface area contributed by atoms with Crippen LogP contribution in [0.1, 0.15) is 49.6 Å². The smallest absolute Gasteiger partial charge is 0.407 e. The van der Waals surface area contributed by atoms with Crippen LogP contribution in [0.2, 0.25) is 4.34 Å². The van der Waals surface area contributed by atoms with Crippen molar-refractivity contribution >= 4 is 45.8 Å². The maximum atomic E-state index is 12.2. The highest BCUT2D eigenvalue weighted by Crippen LogP contribution is 2.42. The van der Waals surface area contributed by atoms with Crippen LogP contribution >= 0.6 is 22.9 Å². The molecule has 0 radical (unpaired) electrons. The monoisotopic (exact) mass is 620 g/mol. The quantitative estimate of drug-likeness (QED) is 0.0680. The van der Waals surface area contributed by atoms with E-state index in [1.54, 1.807) is 20.8 Å². The summed E-state index contributed by atoms with van der Waals surface area (Å²) in [7, 11) is 0.